The van der Waals surface area contributed by atoms with Gasteiger partial charge in [-0.05, 0) is 66.4 Å². The molecule has 0 aliphatic rings. The number of carbonyl (C=O) groups is 2. The van der Waals surface area contributed by atoms with Crippen LogP contribution in [0.15, 0.2) is 67.0 Å². The van der Waals surface area contributed by atoms with E-state index >= 15 is 0 Å². The number of nitrogen functional groups attached to an aromatic ring is 1. The number of amides is 1. The normalized spacial score (nSPS) is 11.8. The average molecular weight is 455 g/mol. The summed E-state index contributed by atoms with van der Waals surface area (Å²) in [6.45, 7) is 1.91. The van der Waals surface area contributed by atoms with Crippen molar-refractivity contribution in [2.24, 2.45) is 11.5 Å². The molecule has 1 amide bonds. The third-order valence-electron chi connectivity index (χ3n) is 5.75. The molecule has 1 atom stereocenters. The van der Waals surface area contributed by atoms with Crippen LogP contribution in [0.3, 0.4) is 0 Å². The SMILES string of the molecule is CC(=O)C(N)c1cc(-c2ccc(C(=O)NCCc3ccc4[nH]cc(C(=N)N)c4c3)cc2)ccn1. The van der Waals surface area contributed by atoms with Gasteiger partial charge in [0.25, 0.3) is 5.91 Å². The van der Waals surface area contributed by atoms with Crippen LogP contribution in [-0.4, -0.2) is 34.0 Å². The standard InChI is InChI=1S/C26H26N6O2/c1-15(33)24(27)23-13-19(9-11-30-23)17-3-5-18(6-4-17)26(34)31-10-8-16-2-7-22-20(12-16)21(14-32-22)25(28)29/h2-7,9,11-14,24,32H,8,10,27H2,1H3,(H3,28,29)(H,31,34). The Bertz CT molecular complexity index is 1370. The Morgan fingerprint density at radius 3 is 2.56 bits per heavy atom. The number of rotatable bonds is 8. The Kier molecular flexibility index (Phi) is 6.51. The summed E-state index contributed by atoms with van der Waals surface area (Å²) in [5, 5.41) is 11.5. The van der Waals surface area contributed by atoms with E-state index in [1.54, 1.807) is 30.6 Å². The number of Topliss-reactive ketones (excluding diaryl/α,β-unsaturated/α-hetero) is 1. The summed E-state index contributed by atoms with van der Waals surface area (Å²) >= 11 is 0. The molecule has 0 saturated heterocycles. The second-order valence-corrected chi connectivity index (χ2v) is 8.14. The number of H-pyrrole nitrogens is 1. The zero-order valence-electron chi connectivity index (χ0n) is 18.8. The lowest BCUT2D eigenvalue weighted by Gasteiger charge is -2.10. The molecule has 0 aliphatic carbocycles. The number of aromatic nitrogens is 2. The smallest absolute Gasteiger partial charge is 0.251 e. The summed E-state index contributed by atoms with van der Waals surface area (Å²) in [7, 11) is 0. The fraction of sp³-hybridized carbons (Fsp3) is 0.154. The van der Waals surface area contributed by atoms with Gasteiger partial charge in [-0.25, -0.2) is 0 Å². The largest absolute Gasteiger partial charge is 0.384 e. The van der Waals surface area contributed by atoms with E-state index in [-0.39, 0.29) is 17.5 Å². The number of nitrogens with one attached hydrogen (secondary N) is 3. The molecule has 2 aromatic heterocycles. The number of carbonyl (C=O) groups excluding carboxylic acids is 2. The molecule has 2 heterocycles. The number of fused-ring (bicyclic) bond motifs is 1. The summed E-state index contributed by atoms with van der Waals surface area (Å²) in [4.78, 5) is 31.4. The van der Waals surface area contributed by atoms with Crippen molar-refractivity contribution in [2.75, 3.05) is 6.54 Å². The molecule has 2 aromatic carbocycles. The van der Waals surface area contributed by atoms with Gasteiger partial charge in [0.1, 0.15) is 11.9 Å². The van der Waals surface area contributed by atoms with E-state index < -0.39 is 6.04 Å². The summed E-state index contributed by atoms with van der Waals surface area (Å²) < 4.78 is 0. The molecule has 0 saturated carbocycles. The molecule has 8 heteroatoms. The molecular formula is C26H26N6O2. The number of nitrogens with zero attached hydrogens (tertiary/aromatic N) is 1. The summed E-state index contributed by atoms with van der Waals surface area (Å²) in [6, 6.07) is 16.1. The van der Waals surface area contributed by atoms with Gasteiger partial charge in [-0.1, -0.05) is 18.2 Å². The highest BCUT2D eigenvalue weighted by Crippen LogP contribution is 2.22. The van der Waals surface area contributed by atoms with Crippen molar-refractivity contribution < 1.29 is 9.59 Å². The highest BCUT2D eigenvalue weighted by molar-refractivity contribution is 6.07. The highest BCUT2D eigenvalue weighted by atomic mass is 16.1. The highest BCUT2D eigenvalue weighted by Gasteiger charge is 2.14. The number of amidine groups is 1. The number of ketones is 1. The molecule has 34 heavy (non-hydrogen) atoms. The lowest BCUT2D eigenvalue weighted by molar-refractivity contribution is -0.118. The summed E-state index contributed by atoms with van der Waals surface area (Å²) in [6.07, 6.45) is 4.00. The first-order valence-corrected chi connectivity index (χ1v) is 10.9. The van der Waals surface area contributed by atoms with Crippen LogP contribution in [0.2, 0.25) is 0 Å². The number of nitrogens with two attached hydrogens (primary N) is 2. The van der Waals surface area contributed by atoms with E-state index in [4.69, 9.17) is 16.9 Å². The third-order valence-corrected chi connectivity index (χ3v) is 5.75. The van der Waals surface area contributed by atoms with Crippen LogP contribution in [-0.2, 0) is 11.2 Å². The first-order chi connectivity index (χ1) is 16.3. The number of benzene rings is 2. The minimum absolute atomic E-state index is 0.0184. The van der Waals surface area contributed by atoms with Crippen LogP contribution in [0.1, 0.15) is 40.1 Å². The molecular weight excluding hydrogens is 428 g/mol. The van der Waals surface area contributed by atoms with E-state index in [9.17, 15) is 9.59 Å². The first-order valence-electron chi connectivity index (χ1n) is 10.9. The van der Waals surface area contributed by atoms with Gasteiger partial charge in [0, 0.05) is 41.0 Å². The molecule has 0 aliphatic heterocycles. The molecule has 8 nitrogen and oxygen atoms in total. The van der Waals surface area contributed by atoms with Gasteiger partial charge >= 0.3 is 0 Å². The lowest BCUT2D eigenvalue weighted by atomic mass is 10.0. The van der Waals surface area contributed by atoms with Crippen LogP contribution in [0.4, 0.5) is 0 Å². The molecule has 0 bridgehead atoms. The third kappa shape index (κ3) is 4.87. The van der Waals surface area contributed by atoms with Crippen LogP contribution >= 0.6 is 0 Å². The first kappa shape index (κ1) is 22.9. The van der Waals surface area contributed by atoms with Gasteiger partial charge < -0.3 is 21.8 Å². The van der Waals surface area contributed by atoms with E-state index in [1.165, 1.54) is 6.92 Å². The predicted octanol–water partition coefficient (Wildman–Crippen LogP) is 3.08. The zero-order valence-corrected chi connectivity index (χ0v) is 18.8. The fourth-order valence-electron chi connectivity index (χ4n) is 3.79. The predicted molar refractivity (Wildman–Crippen MR) is 133 cm³/mol. The second-order valence-electron chi connectivity index (χ2n) is 8.14. The van der Waals surface area contributed by atoms with Crippen LogP contribution in [0.25, 0.3) is 22.0 Å². The summed E-state index contributed by atoms with van der Waals surface area (Å²) in [5.74, 6) is -0.290. The van der Waals surface area contributed by atoms with E-state index in [1.807, 2.05) is 36.4 Å². The van der Waals surface area contributed by atoms with Crippen molar-refractivity contribution >= 4 is 28.4 Å². The number of aromatic amines is 1. The van der Waals surface area contributed by atoms with Crippen molar-refractivity contribution in [3.05, 3.63) is 89.4 Å². The Hall–Kier alpha value is -4.30. The van der Waals surface area contributed by atoms with Gasteiger partial charge in [0.05, 0.1) is 5.69 Å². The Balaban J connectivity index is 1.39. The minimum atomic E-state index is -0.753. The van der Waals surface area contributed by atoms with Gasteiger partial charge in [0.15, 0.2) is 5.78 Å². The molecule has 0 radical (unpaired) electrons. The fourth-order valence-corrected chi connectivity index (χ4v) is 3.79. The van der Waals surface area contributed by atoms with Crippen LogP contribution in [0.5, 0.6) is 0 Å². The quantitative estimate of drug-likeness (QED) is 0.205. The number of pyridine rings is 1. The van der Waals surface area contributed by atoms with Crippen LogP contribution < -0.4 is 16.8 Å². The molecule has 172 valence electrons. The van der Waals surface area contributed by atoms with Crippen LogP contribution in [0, 0.1) is 5.41 Å². The van der Waals surface area contributed by atoms with Gasteiger partial charge in [0.2, 0.25) is 0 Å². The monoisotopic (exact) mass is 454 g/mol. The van der Waals surface area contributed by atoms with E-state index in [2.05, 4.69) is 15.3 Å². The van der Waals surface area contributed by atoms with Crippen molar-refractivity contribution in [3.63, 3.8) is 0 Å². The van der Waals surface area contributed by atoms with Crippen molar-refractivity contribution in [3.8, 4) is 11.1 Å². The summed E-state index contributed by atoms with van der Waals surface area (Å²) in [5.41, 5.74) is 17.0. The topological polar surface area (TPSA) is 151 Å². The van der Waals surface area contributed by atoms with Crippen molar-refractivity contribution in [1.29, 1.82) is 5.41 Å². The van der Waals surface area contributed by atoms with E-state index in [0.29, 0.717) is 29.8 Å². The maximum absolute atomic E-state index is 12.6. The average Bonchev–Trinajstić information content (AvgIpc) is 3.27. The molecule has 0 fully saturated rings. The Morgan fingerprint density at radius 1 is 1.09 bits per heavy atom. The maximum Gasteiger partial charge on any atom is 0.251 e. The maximum atomic E-state index is 12.6. The lowest BCUT2D eigenvalue weighted by Crippen LogP contribution is -2.25. The van der Waals surface area contributed by atoms with Crippen molar-refractivity contribution in [1.82, 2.24) is 15.3 Å². The van der Waals surface area contributed by atoms with E-state index in [0.717, 1.165) is 27.6 Å². The molecule has 1 unspecified atom stereocenters. The molecule has 4 rings (SSSR count). The van der Waals surface area contributed by atoms with Crippen molar-refractivity contribution in [2.45, 2.75) is 19.4 Å². The second kappa shape index (κ2) is 9.68. The van der Waals surface area contributed by atoms with Gasteiger partial charge in [-0.2, -0.15) is 0 Å². The number of hydrogen-bond acceptors (Lipinski definition) is 5. The number of hydrogen-bond donors (Lipinski definition) is 5. The molecule has 4 aromatic rings. The molecule has 7 N–H and O–H groups in total. The molecule has 0 spiro atoms. The zero-order chi connectivity index (χ0) is 24.2. The minimum Gasteiger partial charge on any atom is -0.384 e. The Labute approximate surface area is 196 Å². The van der Waals surface area contributed by atoms with Gasteiger partial charge in [-0.15, -0.1) is 0 Å². The Morgan fingerprint density at radius 2 is 1.85 bits per heavy atom. The van der Waals surface area contributed by atoms with Gasteiger partial charge in [-0.3, -0.25) is 20.0 Å².